The van der Waals surface area contributed by atoms with Gasteiger partial charge in [0.1, 0.15) is 34.6 Å². The first-order valence-corrected chi connectivity index (χ1v) is 11.6. The molecule has 35 heavy (non-hydrogen) atoms. The molecule has 1 aliphatic carbocycles. The lowest BCUT2D eigenvalue weighted by molar-refractivity contribution is 0.393. The Labute approximate surface area is 200 Å². The summed E-state index contributed by atoms with van der Waals surface area (Å²) in [5.41, 5.74) is 3.45. The normalized spacial score (nSPS) is 13.8. The highest BCUT2D eigenvalue weighted by Crippen LogP contribution is 2.45. The van der Waals surface area contributed by atoms with Gasteiger partial charge in [0.2, 0.25) is 0 Å². The van der Waals surface area contributed by atoms with E-state index in [0.29, 0.717) is 67.8 Å². The molecule has 1 saturated carbocycles. The minimum Gasteiger partial charge on any atom is -0.496 e. The predicted octanol–water partition coefficient (Wildman–Crippen LogP) is 5.22. The summed E-state index contributed by atoms with van der Waals surface area (Å²) in [4.78, 5) is 14.5. The number of hydrogen-bond acceptors (Lipinski definition) is 7. The molecule has 0 bridgehead atoms. The van der Waals surface area contributed by atoms with Crippen LogP contribution in [-0.4, -0.2) is 44.0 Å². The maximum Gasteiger partial charge on any atom is 0.159 e. The molecule has 0 radical (unpaired) electrons. The number of nitrogens with zero attached hydrogens (tertiary/aromatic N) is 6. The van der Waals surface area contributed by atoms with Crippen LogP contribution in [0.25, 0.3) is 33.1 Å². The fraction of sp³-hybridized carbons (Fsp3) is 0.360. The fourth-order valence-electron chi connectivity index (χ4n) is 4.92. The summed E-state index contributed by atoms with van der Waals surface area (Å²) in [6.45, 7) is 5.37. The lowest BCUT2D eigenvalue weighted by atomic mass is 10.00. The number of nitrogens with one attached hydrogen (secondary N) is 1. The molecular formula is C25H26FN7O2. The zero-order valence-corrected chi connectivity index (χ0v) is 20.5. The smallest absolute Gasteiger partial charge is 0.159 e. The Morgan fingerprint density at radius 2 is 1.94 bits per heavy atom. The monoisotopic (exact) mass is 475 g/mol. The molecule has 1 fully saturated rings. The summed E-state index contributed by atoms with van der Waals surface area (Å²) in [5, 5.41) is 10.0. The van der Waals surface area contributed by atoms with Crippen molar-refractivity contribution in [3.8, 4) is 16.9 Å². The van der Waals surface area contributed by atoms with E-state index >= 15 is 4.39 Å². The van der Waals surface area contributed by atoms with Crippen molar-refractivity contribution in [1.82, 2.24) is 29.9 Å². The molecule has 4 aromatic heterocycles. The molecule has 0 spiro atoms. The van der Waals surface area contributed by atoms with Crippen molar-refractivity contribution < 1.29 is 13.7 Å². The topological polar surface area (TPSA) is 97.9 Å². The van der Waals surface area contributed by atoms with E-state index in [9.17, 15) is 0 Å². The van der Waals surface area contributed by atoms with Gasteiger partial charge in [-0.25, -0.2) is 14.4 Å². The van der Waals surface area contributed by atoms with Gasteiger partial charge >= 0.3 is 0 Å². The lowest BCUT2D eigenvalue weighted by Crippen LogP contribution is -2.16. The van der Waals surface area contributed by atoms with Crippen LogP contribution < -0.4 is 9.64 Å². The van der Waals surface area contributed by atoms with Crippen molar-refractivity contribution in [2.45, 2.75) is 39.5 Å². The number of benzene rings is 1. The van der Waals surface area contributed by atoms with E-state index in [2.05, 4.69) is 21.2 Å². The molecule has 6 rings (SSSR count). The zero-order valence-electron chi connectivity index (χ0n) is 20.5. The van der Waals surface area contributed by atoms with Crippen LogP contribution in [0.1, 0.15) is 41.7 Å². The highest BCUT2D eigenvalue weighted by molar-refractivity contribution is 6.13. The van der Waals surface area contributed by atoms with E-state index in [4.69, 9.17) is 19.3 Å². The Kier molecular flexibility index (Phi) is 4.64. The third-order valence-corrected chi connectivity index (χ3v) is 6.78. The summed E-state index contributed by atoms with van der Waals surface area (Å²) in [7, 11) is 5.40. The summed E-state index contributed by atoms with van der Waals surface area (Å²) < 4.78 is 29.0. The number of anilines is 2. The van der Waals surface area contributed by atoms with E-state index in [1.54, 1.807) is 13.8 Å². The zero-order chi connectivity index (χ0) is 24.6. The van der Waals surface area contributed by atoms with Crippen LogP contribution in [0, 0.1) is 26.6 Å². The second-order valence-electron chi connectivity index (χ2n) is 9.22. The molecule has 1 aliphatic rings. The Balaban J connectivity index is 1.62. The highest BCUT2D eigenvalue weighted by Gasteiger charge is 2.29. The Morgan fingerprint density at radius 3 is 2.60 bits per heavy atom. The number of halogens is 1. The number of fused-ring (bicyclic) bond motifs is 3. The van der Waals surface area contributed by atoms with E-state index in [0.717, 1.165) is 11.5 Å². The van der Waals surface area contributed by atoms with Crippen molar-refractivity contribution in [2.75, 3.05) is 19.1 Å². The Hall–Kier alpha value is -3.95. The van der Waals surface area contributed by atoms with Gasteiger partial charge in [-0.15, -0.1) is 0 Å². The molecule has 0 unspecified atom stereocenters. The third kappa shape index (κ3) is 3.19. The quantitative estimate of drug-likeness (QED) is 0.372. The number of methoxy groups -OCH3 is 1. The maximum absolute atomic E-state index is 16.1. The van der Waals surface area contributed by atoms with Crippen LogP contribution in [0.4, 0.5) is 16.0 Å². The average molecular weight is 476 g/mol. The van der Waals surface area contributed by atoms with Gasteiger partial charge in [0.25, 0.3) is 0 Å². The largest absolute Gasteiger partial charge is 0.496 e. The molecule has 0 amide bonds. The second kappa shape index (κ2) is 7.53. The predicted molar refractivity (Wildman–Crippen MR) is 131 cm³/mol. The molecule has 1 N–H and O–H groups in total. The molecule has 5 aromatic rings. The van der Waals surface area contributed by atoms with Gasteiger partial charge < -0.3 is 19.1 Å². The summed E-state index contributed by atoms with van der Waals surface area (Å²) in [6, 6.07) is 3.93. The van der Waals surface area contributed by atoms with E-state index < -0.39 is 5.82 Å². The molecule has 4 heterocycles. The molecule has 0 saturated heterocycles. The first-order chi connectivity index (χ1) is 16.8. The second-order valence-corrected chi connectivity index (χ2v) is 9.22. The highest BCUT2D eigenvalue weighted by atomic mass is 19.1. The maximum atomic E-state index is 16.1. The van der Waals surface area contributed by atoms with Crippen molar-refractivity contribution >= 4 is 33.6 Å². The van der Waals surface area contributed by atoms with E-state index in [-0.39, 0.29) is 0 Å². The van der Waals surface area contributed by atoms with Crippen LogP contribution in [0.15, 0.2) is 16.7 Å². The van der Waals surface area contributed by atoms with E-state index in [1.165, 1.54) is 20.0 Å². The van der Waals surface area contributed by atoms with Crippen molar-refractivity contribution in [2.24, 2.45) is 7.05 Å². The van der Waals surface area contributed by atoms with Gasteiger partial charge in [0.05, 0.1) is 40.5 Å². The Morgan fingerprint density at radius 1 is 1.17 bits per heavy atom. The number of rotatable bonds is 5. The molecule has 9 nitrogen and oxygen atoms in total. The van der Waals surface area contributed by atoms with Crippen molar-refractivity contribution in [3.05, 3.63) is 40.9 Å². The summed E-state index contributed by atoms with van der Waals surface area (Å²) in [6.07, 6.45) is 2.35. The van der Waals surface area contributed by atoms with Crippen LogP contribution in [0.3, 0.4) is 0 Å². The van der Waals surface area contributed by atoms with Gasteiger partial charge in [-0.3, -0.25) is 4.68 Å². The number of H-pyrrole nitrogens is 1. The molecule has 0 aliphatic heterocycles. The van der Waals surface area contributed by atoms with Gasteiger partial charge in [-0.1, -0.05) is 5.16 Å². The third-order valence-electron chi connectivity index (χ3n) is 6.78. The molecule has 180 valence electrons. The standard InChI is InChI=1S/C25H26FN7O2/c1-11-19(12(2)35-31-11)21-17(34-6)9-15-20-24(29-23(15)22(21)26)27-13(3)28-25(20)32(4)18-10-16(14-7-8-14)30-33(18)5/h9-10,14H,7-8H2,1-6H3,(H,27,28,29). The Bertz CT molecular complexity index is 1610. The van der Waals surface area contributed by atoms with Crippen molar-refractivity contribution in [1.29, 1.82) is 0 Å². The lowest BCUT2D eigenvalue weighted by Gasteiger charge is -2.19. The number of aromatic amines is 1. The molecular weight excluding hydrogens is 449 g/mol. The first kappa shape index (κ1) is 21.6. The van der Waals surface area contributed by atoms with Gasteiger partial charge in [-0.2, -0.15) is 5.10 Å². The molecule has 10 heteroatoms. The molecule has 1 aromatic carbocycles. The average Bonchev–Trinajstić information content (AvgIpc) is 3.40. The minimum absolute atomic E-state index is 0.308. The summed E-state index contributed by atoms with van der Waals surface area (Å²) in [5.74, 6) is 3.13. The van der Waals surface area contributed by atoms with Gasteiger partial charge in [0.15, 0.2) is 5.82 Å². The van der Waals surface area contributed by atoms with Crippen LogP contribution in [0.2, 0.25) is 0 Å². The fourth-order valence-corrected chi connectivity index (χ4v) is 4.92. The van der Waals surface area contributed by atoms with Crippen molar-refractivity contribution in [3.63, 3.8) is 0 Å². The number of hydrogen-bond donors (Lipinski definition) is 1. The SMILES string of the molecule is COc1cc2c([nH]c3nc(C)nc(N(C)c4cc(C5CC5)nn4C)c32)c(F)c1-c1c(C)noc1C. The number of aryl methyl sites for hydroxylation is 4. The van der Waals surface area contributed by atoms with Crippen LogP contribution >= 0.6 is 0 Å². The first-order valence-electron chi connectivity index (χ1n) is 11.6. The van der Waals surface area contributed by atoms with Crippen LogP contribution in [-0.2, 0) is 7.05 Å². The number of aromatic nitrogens is 6. The summed E-state index contributed by atoms with van der Waals surface area (Å²) >= 11 is 0. The van der Waals surface area contributed by atoms with Gasteiger partial charge in [0, 0.05) is 31.5 Å². The van der Waals surface area contributed by atoms with E-state index in [1.807, 2.05) is 36.7 Å². The number of ether oxygens (including phenoxy) is 1. The molecule has 0 atom stereocenters. The van der Waals surface area contributed by atoms with Gasteiger partial charge in [-0.05, 0) is 39.7 Å². The van der Waals surface area contributed by atoms with Crippen LogP contribution in [0.5, 0.6) is 5.75 Å². The minimum atomic E-state index is -0.449.